The van der Waals surface area contributed by atoms with Gasteiger partial charge in [0.05, 0.1) is 0 Å². The predicted octanol–water partition coefficient (Wildman–Crippen LogP) is 4.20. The summed E-state index contributed by atoms with van der Waals surface area (Å²) in [5.74, 6) is 0. The minimum Gasteiger partial charge on any atom is -0.294 e. The van der Waals surface area contributed by atoms with Crippen LogP contribution in [-0.2, 0) is 0 Å². The van der Waals surface area contributed by atoms with E-state index in [-0.39, 0.29) is 0 Å². The van der Waals surface area contributed by atoms with Crippen molar-refractivity contribution in [1.29, 1.82) is 0 Å². The van der Waals surface area contributed by atoms with Gasteiger partial charge in [0.2, 0.25) is 0 Å². The molecule has 0 aromatic heterocycles. The van der Waals surface area contributed by atoms with Crippen LogP contribution in [0.25, 0.3) is 0 Å². The van der Waals surface area contributed by atoms with E-state index in [4.69, 9.17) is 0 Å². The first kappa shape index (κ1) is 12.9. The summed E-state index contributed by atoms with van der Waals surface area (Å²) in [5, 5.41) is 1.14. The van der Waals surface area contributed by atoms with E-state index in [1.165, 1.54) is 45.1 Å². The predicted molar refractivity (Wildman–Crippen MR) is 74.2 cm³/mol. The molecule has 2 rings (SSSR count). The number of alkyl halides is 1. The fourth-order valence-corrected chi connectivity index (χ4v) is 4.33. The van der Waals surface area contributed by atoms with E-state index in [1.807, 2.05) is 0 Å². The van der Waals surface area contributed by atoms with Crippen molar-refractivity contribution in [2.45, 2.75) is 70.9 Å². The second-order valence-corrected chi connectivity index (χ2v) is 7.52. The summed E-state index contributed by atoms with van der Waals surface area (Å²) in [6, 6.07) is 0.762. The van der Waals surface area contributed by atoms with Crippen LogP contribution in [0, 0.1) is 5.41 Å². The second kappa shape index (κ2) is 4.61. The number of likely N-dealkylation sites (tertiary alicyclic amines) is 1. The van der Waals surface area contributed by atoms with Crippen LogP contribution in [-0.4, -0.2) is 28.4 Å². The molecule has 0 aromatic rings. The van der Waals surface area contributed by atoms with Gasteiger partial charge in [-0.25, -0.2) is 0 Å². The molecule has 1 nitrogen and oxygen atoms in total. The van der Waals surface area contributed by atoms with E-state index in [1.54, 1.807) is 0 Å². The van der Waals surface area contributed by atoms with Gasteiger partial charge in [0.1, 0.15) is 0 Å². The lowest BCUT2D eigenvalue weighted by Crippen LogP contribution is -2.46. The summed E-state index contributed by atoms with van der Waals surface area (Å²) in [6.07, 6.45) is 8.78. The van der Waals surface area contributed by atoms with Crippen molar-refractivity contribution in [3.8, 4) is 0 Å². The molecule has 1 atom stereocenters. The Morgan fingerprint density at radius 1 is 1.19 bits per heavy atom. The molecule has 0 bridgehead atoms. The Kier molecular flexibility index (Phi) is 3.71. The Morgan fingerprint density at radius 3 is 2.25 bits per heavy atom. The number of hydrogen-bond acceptors (Lipinski definition) is 1. The molecule has 94 valence electrons. The maximum absolute atomic E-state index is 3.72. The Labute approximate surface area is 109 Å². The maximum atomic E-state index is 3.72. The first-order valence-corrected chi connectivity index (χ1v) is 7.92. The molecule has 1 unspecified atom stereocenters. The van der Waals surface area contributed by atoms with Crippen molar-refractivity contribution in [1.82, 2.24) is 4.90 Å². The Balaban J connectivity index is 2.11. The fourth-order valence-electron chi connectivity index (χ4n) is 3.75. The second-order valence-electron chi connectivity index (χ2n) is 6.87. The summed E-state index contributed by atoms with van der Waals surface area (Å²) >= 11 is 3.72. The third kappa shape index (κ3) is 2.48. The third-order valence-corrected chi connectivity index (χ3v) is 5.32. The molecule has 0 aromatic carbocycles. The van der Waals surface area contributed by atoms with E-state index < -0.39 is 0 Å². The molecule has 2 fully saturated rings. The zero-order valence-corrected chi connectivity index (χ0v) is 12.6. The van der Waals surface area contributed by atoms with Crippen molar-refractivity contribution in [3.05, 3.63) is 0 Å². The molecule has 1 aliphatic carbocycles. The molecular weight excluding hydrogens is 262 g/mol. The minimum atomic E-state index is 0.333. The lowest BCUT2D eigenvalue weighted by molar-refractivity contribution is 0.108. The smallest absolute Gasteiger partial charge is 0.0203 e. The average Bonchev–Trinajstić information content (AvgIpc) is 2.58. The standard InChI is InChI=1S/C14H26BrN/c1-13(2,3)16-11-14(9-12(16)10-15)7-5-4-6-8-14/h12H,4-11H2,1-3H3. The highest BCUT2D eigenvalue weighted by molar-refractivity contribution is 9.09. The third-order valence-electron chi connectivity index (χ3n) is 4.57. The molecule has 0 N–H and O–H groups in total. The van der Waals surface area contributed by atoms with Gasteiger partial charge in [-0.1, -0.05) is 35.2 Å². The fraction of sp³-hybridized carbons (Fsp3) is 1.00. The van der Waals surface area contributed by atoms with Crippen LogP contribution in [0.3, 0.4) is 0 Å². The van der Waals surface area contributed by atoms with Crippen LogP contribution >= 0.6 is 15.9 Å². The molecule has 1 spiro atoms. The van der Waals surface area contributed by atoms with Gasteiger partial charge in [-0.2, -0.15) is 0 Å². The van der Waals surface area contributed by atoms with Gasteiger partial charge in [0, 0.05) is 23.5 Å². The highest BCUT2D eigenvalue weighted by Gasteiger charge is 2.46. The van der Waals surface area contributed by atoms with E-state index in [2.05, 4.69) is 41.6 Å². The molecular formula is C14H26BrN. The van der Waals surface area contributed by atoms with Crippen molar-refractivity contribution < 1.29 is 0 Å². The van der Waals surface area contributed by atoms with Crippen molar-refractivity contribution >= 4 is 15.9 Å². The van der Waals surface area contributed by atoms with Crippen LogP contribution in [0.15, 0.2) is 0 Å². The van der Waals surface area contributed by atoms with Crippen LogP contribution in [0.4, 0.5) is 0 Å². The number of halogens is 1. The van der Waals surface area contributed by atoms with Gasteiger partial charge in [0.15, 0.2) is 0 Å². The van der Waals surface area contributed by atoms with E-state index in [9.17, 15) is 0 Å². The average molecular weight is 288 g/mol. The summed E-state index contributed by atoms with van der Waals surface area (Å²) < 4.78 is 0. The van der Waals surface area contributed by atoms with Gasteiger partial charge in [0.25, 0.3) is 0 Å². The summed E-state index contributed by atoms with van der Waals surface area (Å²) in [7, 11) is 0. The van der Waals surface area contributed by atoms with Gasteiger partial charge in [-0.3, -0.25) is 4.90 Å². The van der Waals surface area contributed by atoms with Crippen LogP contribution in [0.2, 0.25) is 0 Å². The Hall–Kier alpha value is 0.440. The van der Waals surface area contributed by atoms with Crippen LogP contribution in [0.1, 0.15) is 59.3 Å². The Bertz CT molecular complexity index is 238. The lowest BCUT2D eigenvalue weighted by Gasteiger charge is -2.38. The number of nitrogens with zero attached hydrogens (tertiary/aromatic N) is 1. The highest BCUT2D eigenvalue weighted by Crippen LogP contribution is 2.48. The molecule has 2 heteroatoms. The summed E-state index contributed by atoms with van der Waals surface area (Å²) in [6.45, 7) is 8.44. The molecule has 1 saturated heterocycles. The first-order chi connectivity index (χ1) is 7.47. The minimum absolute atomic E-state index is 0.333. The van der Waals surface area contributed by atoms with Gasteiger partial charge >= 0.3 is 0 Å². The normalized spacial score (nSPS) is 31.1. The largest absolute Gasteiger partial charge is 0.294 e. The van der Waals surface area contributed by atoms with Crippen molar-refractivity contribution in [3.63, 3.8) is 0 Å². The maximum Gasteiger partial charge on any atom is 0.0203 e. The molecule has 1 saturated carbocycles. The SMILES string of the molecule is CC(C)(C)N1CC2(CCCCC2)CC1CBr. The quantitative estimate of drug-likeness (QED) is 0.653. The van der Waals surface area contributed by atoms with Crippen LogP contribution < -0.4 is 0 Å². The number of rotatable bonds is 1. The van der Waals surface area contributed by atoms with Crippen LogP contribution in [0.5, 0.6) is 0 Å². The lowest BCUT2D eigenvalue weighted by atomic mass is 9.73. The monoisotopic (exact) mass is 287 g/mol. The van der Waals surface area contributed by atoms with Gasteiger partial charge < -0.3 is 0 Å². The molecule has 1 aliphatic heterocycles. The molecule has 0 radical (unpaired) electrons. The number of hydrogen-bond donors (Lipinski definition) is 0. The molecule has 2 aliphatic rings. The van der Waals surface area contributed by atoms with E-state index in [0.717, 1.165) is 11.4 Å². The van der Waals surface area contributed by atoms with Crippen molar-refractivity contribution in [2.75, 3.05) is 11.9 Å². The van der Waals surface area contributed by atoms with E-state index >= 15 is 0 Å². The Morgan fingerprint density at radius 2 is 1.81 bits per heavy atom. The zero-order chi connectivity index (χ0) is 11.8. The van der Waals surface area contributed by atoms with Gasteiger partial charge in [-0.05, 0) is 45.4 Å². The first-order valence-electron chi connectivity index (χ1n) is 6.80. The van der Waals surface area contributed by atoms with E-state index in [0.29, 0.717) is 11.0 Å². The summed E-state index contributed by atoms with van der Waals surface area (Å²) in [5.41, 5.74) is 1.00. The molecule has 1 heterocycles. The van der Waals surface area contributed by atoms with Crippen molar-refractivity contribution in [2.24, 2.45) is 5.41 Å². The summed E-state index contributed by atoms with van der Waals surface area (Å²) in [4.78, 5) is 2.74. The van der Waals surface area contributed by atoms with Gasteiger partial charge in [-0.15, -0.1) is 0 Å². The topological polar surface area (TPSA) is 3.24 Å². The molecule has 0 amide bonds. The zero-order valence-electron chi connectivity index (χ0n) is 11.1. The molecule has 16 heavy (non-hydrogen) atoms. The highest BCUT2D eigenvalue weighted by atomic mass is 79.9.